The van der Waals surface area contributed by atoms with Crippen LogP contribution in [0.5, 0.6) is 5.75 Å². The fourth-order valence-electron chi connectivity index (χ4n) is 3.26. The smallest absolute Gasteiger partial charge is 0.193 e. The summed E-state index contributed by atoms with van der Waals surface area (Å²) < 4.78 is 5.22. The Balaban J connectivity index is 0.00000280. The van der Waals surface area contributed by atoms with Gasteiger partial charge in [0.25, 0.3) is 0 Å². The highest BCUT2D eigenvalue weighted by Crippen LogP contribution is 2.21. The second-order valence-corrected chi connectivity index (χ2v) is 7.83. The van der Waals surface area contributed by atoms with E-state index in [1.165, 1.54) is 10.7 Å². The van der Waals surface area contributed by atoms with E-state index in [0.29, 0.717) is 11.9 Å². The number of hydrogen-bond acceptors (Lipinski definition) is 5. The molecule has 1 aliphatic heterocycles. The van der Waals surface area contributed by atoms with E-state index < -0.39 is 0 Å². The summed E-state index contributed by atoms with van der Waals surface area (Å²) in [5.41, 5.74) is 8.14. The lowest BCUT2D eigenvalue weighted by Gasteiger charge is -2.30. The van der Waals surface area contributed by atoms with Crippen molar-refractivity contribution in [2.24, 2.45) is 16.6 Å². The third kappa shape index (κ3) is 6.89. The van der Waals surface area contributed by atoms with Gasteiger partial charge < -0.3 is 15.8 Å². The average molecular weight is 515 g/mol. The Hall–Kier alpha value is -1.39. The van der Waals surface area contributed by atoms with Crippen LogP contribution in [0.4, 0.5) is 5.69 Å². The van der Waals surface area contributed by atoms with Gasteiger partial charge in [-0.1, -0.05) is 13.0 Å². The summed E-state index contributed by atoms with van der Waals surface area (Å²) in [7, 11) is 1.65. The van der Waals surface area contributed by atoms with Crippen molar-refractivity contribution in [3.8, 4) is 5.75 Å². The molecule has 2 aromatic rings. The number of aromatic nitrogens is 1. The van der Waals surface area contributed by atoms with E-state index in [2.05, 4.69) is 32.5 Å². The maximum Gasteiger partial charge on any atom is 0.193 e. The zero-order valence-electron chi connectivity index (χ0n) is 16.6. The Bertz CT molecular complexity index is 759. The van der Waals surface area contributed by atoms with Crippen LogP contribution in [-0.4, -0.2) is 42.6 Å². The maximum atomic E-state index is 6.04. The van der Waals surface area contributed by atoms with Crippen LogP contribution in [-0.2, 0) is 13.0 Å². The van der Waals surface area contributed by atoms with E-state index in [-0.39, 0.29) is 24.0 Å². The molecular weight excluding hydrogens is 485 g/mol. The first-order valence-electron chi connectivity index (χ1n) is 9.53. The van der Waals surface area contributed by atoms with Crippen LogP contribution < -0.4 is 15.8 Å². The fraction of sp³-hybridized carbons (Fsp3) is 0.500. The summed E-state index contributed by atoms with van der Waals surface area (Å²) in [5.74, 6) is 1.85. The number of anilines is 1. The molecule has 0 bridgehead atoms. The summed E-state index contributed by atoms with van der Waals surface area (Å²) in [5, 5.41) is 6.56. The zero-order valence-corrected chi connectivity index (χ0v) is 19.7. The molecule has 1 aliphatic rings. The minimum Gasteiger partial charge on any atom is -0.497 e. The normalized spacial score (nSPS) is 15.9. The standard InChI is InChI=1S/C20H29N5OS.HI/c1-3-19-23-17(14-27-19)13-25-9-7-15(8-10-25)12-22-20(21)24-16-5-4-6-18(11-16)26-2;/h4-6,11,14-15H,3,7-10,12-13H2,1-2H3,(H3,21,22,24);1H. The number of nitrogens with zero attached hydrogens (tertiary/aromatic N) is 3. The molecule has 1 saturated heterocycles. The Morgan fingerprint density at radius 1 is 1.39 bits per heavy atom. The lowest BCUT2D eigenvalue weighted by atomic mass is 9.97. The van der Waals surface area contributed by atoms with Crippen molar-refractivity contribution in [1.29, 1.82) is 0 Å². The SMILES string of the molecule is CCc1nc(CN2CCC(CN=C(N)Nc3cccc(OC)c3)CC2)cs1.I. The molecule has 0 aliphatic carbocycles. The number of hydrogen-bond donors (Lipinski definition) is 2. The quantitative estimate of drug-likeness (QED) is 0.332. The van der Waals surface area contributed by atoms with Gasteiger partial charge in [0.1, 0.15) is 5.75 Å². The van der Waals surface area contributed by atoms with Gasteiger partial charge in [-0.3, -0.25) is 9.89 Å². The van der Waals surface area contributed by atoms with Crippen molar-refractivity contribution < 1.29 is 4.74 Å². The predicted molar refractivity (Wildman–Crippen MR) is 128 cm³/mol. The summed E-state index contributed by atoms with van der Waals surface area (Å²) in [6.07, 6.45) is 3.33. The van der Waals surface area contributed by atoms with E-state index in [1.54, 1.807) is 18.4 Å². The zero-order chi connectivity index (χ0) is 19.1. The lowest BCUT2D eigenvalue weighted by molar-refractivity contribution is 0.179. The molecule has 0 unspecified atom stereocenters. The van der Waals surface area contributed by atoms with Crippen molar-refractivity contribution in [2.45, 2.75) is 32.7 Å². The Morgan fingerprint density at radius 3 is 2.86 bits per heavy atom. The van der Waals surface area contributed by atoms with Crippen LogP contribution in [0, 0.1) is 5.92 Å². The Labute approximate surface area is 188 Å². The predicted octanol–water partition coefficient (Wildman–Crippen LogP) is 3.97. The highest BCUT2D eigenvalue weighted by atomic mass is 127. The van der Waals surface area contributed by atoms with E-state index >= 15 is 0 Å². The molecule has 3 N–H and O–H groups in total. The largest absolute Gasteiger partial charge is 0.497 e. The van der Waals surface area contributed by atoms with Gasteiger partial charge in [-0.15, -0.1) is 35.3 Å². The molecule has 1 aromatic heterocycles. The van der Waals surface area contributed by atoms with Crippen LogP contribution in [0.1, 0.15) is 30.5 Å². The second-order valence-electron chi connectivity index (χ2n) is 6.89. The molecule has 0 saturated carbocycles. The van der Waals surface area contributed by atoms with E-state index in [1.807, 2.05) is 24.3 Å². The van der Waals surface area contributed by atoms with E-state index in [9.17, 15) is 0 Å². The average Bonchev–Trinajstić information content (AvgIpc) is 3.15. The summed E-state index contributed by atoms with van der Waals surface area (Å²) >= 11 is 1.77. The van der Waals surface area contributed by atoms with Gasteiger partial charge in [0.05, 0.1) is 17.8 Å². The molecule has 0 radical (unpaired) electrons. The second kappa shape index (κ2) is 11.6. The number of benzene rings is 1. The Kier molecular flexibility index (Phi) is 9.46. The van der Waals surface area contributed by atoms with E-state index in [0.717, 1.165) is 56.9 Å². The summed E-state index contributed by atoms with van der Waals surface area (Å²) in [4.78, 5) is 11.7. The third-order valence-electron chi connectivity index (χ3n) is 4.86. The maximum absolute atomic E-state index is 6.04. The molecule has 2 heterocycles. The first-order chi connectivity index (χ1) is 13.2. The number of nitrogens with two attached hydrogens (primary N) is 1. The molecule has 0 amide bonds. The van der Waals surface area contributed by atoms with Crippen molar-refractivity contribution in [3.63, 3.8) is 0 Å². The van der Waals surface area contributed by atoms with Crippen molar-refractivity contribution >= 4 is 47.0 Å². The van der Waals surface area contributed by atoms with Crippen LogP contribution in [0.25, 0.3) is 0 Å². The number of ether oxygens (including phenoxy) is 1. The van der Waals surface area contributed by atoms with Gasteiger partial charge in [-0.2, -0.15) is 0 Å². The molecule has 1 fully saturated rings. The van der Waals surface area contributed by atoms with Crippen molar-refractivity contribution in [3.05, 3.63) is 40.3 Å². The third-order valence-corrected chi connectivity index (χ3v) is 5.90. The van der Waals surface area contributed by atoms with Gasteiger partial charge in [0.15, 0.2) is 5.96 Å². The number of thiazole rings is 1. The summed E-state index contributed by atoms with van der Waals surface area (Å²) in [6, 6.07) is 7.69. The fourth-order valence-corrected chi connectivity index (χ4v) is 3.99. The van der Waals surface area contributed by atoms with Crippen LogP contribution in [0.3, 0.4) is 0 Å². The number of likely N-dealkylation sites (tertiary alicyclic amines) is 1. The highest BCUT2D eigenvalue weighted by Gasteiger charge is 2.19. The molecule has 154 valence electrons. The number of aliphatic imine (C=N–C) groups is 1. The van der Waals surface area contributed by atoms with Gasteiger partial charge >= 0.3 is 0 Å². The molecule has 6 nitrogen and oxygen atoms in total. The first-order valence-corrected chi connectivity index (χ1v) is 10.4. The van der Waals surface area contributed by atoms with Crippen LogP contribution >= 0.6 is 35.3 Å². The monoisotopic (exact) mass is 515 g/mol. The minimum absolute atomic E-state index is 0. The topological polar surface area (TPSA) is 75.8 Å². The van der Waals surface area contributed by atoms with Gasteiger partial charge in [-0.25, -0.2) is 4.98 Å². The number of piperidine rings is 1. The number of nitrogens with one attached hydrogen (secondary N) is 1. The number of halogens is 1. The Morgan fingerprint density at radius 2 is 2.18 bits per heavy atom. The number of aryl methyl sites for hydroxylation is 1. The molecule has 0 spiro atoms. The molecular formula is C20H30IN5OS. The molecule has 8 heteroatoms. The lowest BCUT2D eigenvalue weighted by Crippen LogP contribution is -2.34. The van der Waals surface area contributed by atoms with Crippen LogP contribution in [0.2, 0.25) is 0 Å². The number of guanidine groups is 1. The first kappa shape index (κ1) is 22.9. The van der Waals surface area contributed by atoms with Crippen molar-refractivity contribution in [2.75, 3.05) is 32.1 Å². The highest BCUT2D eigenvalue weighted by molar-refractivity contribution is 14.0. The molecule has 3 rings (SSSR count). The van der Waals surface area contributed by atoms with Gasteiger partial charge in [0.2, 0.25) is 0 Å². The molecule has 28 heavy (non-hydrogen) atoms. The van der Waals surface area contributed by atoms with Crippen LogP contribution in [0.15, 0.2) is 34.6 Å². The number of methoxy groups -OCH3 is 1. The van der Waals surface area contributed by atoms with Crippen molar-refractivity contribution in [1.82, 2.24) is 9.88 Å². The summed E-state index contributed by atoms with van der Waals surface area (Å²) in [6.45, 7) is 6.09. The van der Waals surface area contributed by atoms with E-state index in [4.69, 9.17) is 10.5 Å². The molecule has 1 aromatic carbocycles. The van der Waals surface area contributed by atoms with Gasteiger partial charge in [-0.05, 0) is 50.4 Å². The molecule has 0 atom stereocenters. The van der Waals surface area contributed by atoms with Gasteiger partial charge in [0, 0.05) is 30.2 Å². The number of rotatable bonds is 7. The minimum atomic E-state index is 0.